The van der Waals surface area contributed by atoms with Gasteiger partial charge in [-0.3, -0.25) is 14.9 Å². The van der Waals surface area contributed by atoms with Gasteiger partial charge in [0, 0.05) is 24.7 Å². The van der Waals surface area contributed by atoms with Gasteiger partial charge in [0.2, 0.25) is 0 Å². The van der Waals surface area contributed by atoms with Crippen LogP contribution in [-0.2, 0) is 0 Å². The molecule has 1 aromatic rings. The van der Waals surface area contributed by atoms with E-state index in [2.05, 4.69) is 13.8 Å². The molecule has 7 heteroatoms. The highest BCUT2D eigenvalue weighted by atomic mass is 35.5. The maximum atomic E-state index is 12.5. The summed E-state index contributed by atoms with van der Waals surface area (Å²) in [5, 5.41) is 10.8. The summed E-state index contributed by atoms with van der Waals surface area (Å²) in [6, 6.07) is 2.59. The summed E-state index contributed by atoms with van der Waals surface area (Å²) in [7, 11) is 0. The second-order valence-electron chi connectivity index (χ2n) is 5.70. The minimum absolute atomic E-state index is 0.0207. The molecule has 1 heterocycles. The number of carbonyl (C=O) groups excluding carboxylic acids is 1. The smallest absolute Gasteiger partial charge is 0.290 e. The van der Waals surface area contributed by atoms with Gasteiger partial charge in [-0.1, -0.05) is 37.0 Å². The van der Waals surface area contributed by atoms with Crippen LogP contribution in [0.2, 0.25) is 10.0 Å². The average molecular weight is 331 g/mol. The lowest BCUT2D eigenvalue weighted by Gasteiger charge is -2.35. The van der Waals surface area contributed by atoms with Crippen LogP contribution >= 0.6 is 23.2 Å². The number of halogens is 2. The Hall–Kier alpha value is -1.33. The summed E-state index contributed by atoms with van der Waals surface area (Å²) in [4.78, 5) is 24.6. The molecule has 1 aliphatic heterocycles. The summed E-state index contributed by atoms with van der Waals surface area (Å²) in [6.45, 7) is 5.48. The molecule has 21 heavy (non-hydrogen) atoms. The van der Waals surface area contributed by atoms with Gasteiger partial charge < -0.3 is 4.90 Å². The van der Waals surface area contributed by atoms with Crippen LogP contribution in [0.25, 0.3) is 0 Å². The molecule has 1 aliphatic rings. The van der Waals surface area contributed by atoms with Gasteiger partial charge in [0.05, 0.1) is 9.95 Å². The second kappa shape index (κ2) is 6.20. The number of hydrogen-bond donors (Lipinski definition) is 0. The molecule has 1 saturated heterocycles. The van der Waals surface area contributed by atoms with Crippen LogP contribution in [0, 0.1) is 22.0 Å². The fourth-order valence-corrected chi connectivity index (χ4v) is 3.23. The maximum Gasteiger partial charge on any atom is 0.290 e. The van der Waals surface area contributed by atoms with Crippen molar-refractivity contribution < 1.29 is 9.72 Å². The Morgan fingerprint density at radius 1 is 1.29 bits per heavy atom. The van der Waals surface area contributed by atoms with Gasteiger partial charge in [-0.25, -0.2) is 0 Å². The highest BCUT2D eigenvalue weighted by molar-refractivity contribution is 6.43. The molecule has 1 aromatic carbocycles. The van der Waals surface area contributed by atoms with Crippen molar-refractivity contribution in [3.05, 3.63) is 37.9 Å². The molecule has 0 bridgehead atoms. The molecule has 2 atom stereocenters. The van der Waals surface area contributed by atoms with Crippen LogP contribution in [-0.4, -0.2) is 28.8 Å². The standard InChI is InChI=1S/C14H16Cl2N2O3/c1-8-3-9(2)7-17(6-8)14(19)10-4-11(15)13(16)12(5-10)18(20)21/h4-5,8-9H,3,6-7H2,1-2H3. The predicted molar refractivity (Wildman–Crippen MR) is 82.0 cm³/mol. The molecule has 0 spiro atoms. The molecule has 0 aliphatic carbocycles. The van der Waals surface area contributed by atoms with E-state index in [1.54, 1.807) is 4.90 Å². The molecular weight excluding hydrogens is 315 g/mol. The Balaban J connectivity index is 2.33. The Bertz CT molecular complexity index is 582. The average Bonchev–Trinajstić information content (AvgIpc) is 2.39. The van der Waals surface area contributed by atoms with Crippen LogP contribution in [0.4, 0.5) is 5.69 Å². The van der Waals surface area contributed by atoms with Crippen molar-refractivity contribution in [1.29, 1.82) is 0 Å². The molecule has 0 saturated carbocycles. The monoisotopic (exact) mass is 330 g/mol. The summed E-state index contributed by atoms with van der Waals surface area (Å²) in [5.41, 5.74) is -0.136. The van der Waals surface area contributed by atoms with Crippen LogP contribution in [0.1, 0.15) is 30.6 Å². The number of nitro groups is 1. The molecule has 0 radical (unpaired) electrons. The fraction of sp³-hybridized carbons (Fsp3) is 0.500. The topological polar surface area (TPSA) is 63.5 Å². The Morgan fingerprint density at radius 3 is 2.38 bits per heavy atom. The second-order valence-corrected chi connectivity index (χ2v) is 6.49. The van der Waals surface area contributed by atoms with E-state index in [1.807, 2.05) is 0 Å². The van der Waals surface area contributed by atoms with Crippen LogP contribution in [0.3, 0.4) is 0 Å². The molecular formula is C14H16Cl2N2O3. The quantitative estimate of drug-likeness (QED) is 0.607. The Morgan fingerprint density at radius 2 is 1.86 bits per heavy atom. The number of nitro benzene ring substituents is 1. The van der Waals surface area contributed by atoms with E-state index >= 15 is 0 Å². The Kier molecular flexibility index (Phi) is 4.74. The largest absolute Gasteiger partial charge is 0.338 e. The van der Waals surface area contributed by atoms with Crippen LogP contribution in [0.5, 0.6) is 0 Å². The van der Waals surface area contributed by atoms with Crippen molar-refractivity contribution >= 4 is 34.8 Å². The van der Waals surface area contributed by atoms with Crippen molar-refractivity contribution in [1.82, 2.24) is 4.90 Å². The third-order valence-electron chi connectivity index (χ3n) is 3.61. The molecule has 1 fully saturated rings. The van der Waals surface area contributed by atoms with Gasteiger partial charge in [0.15, 0.2) is 0 Å². The molecule has 2 rings (SSSR count). The van der Waals surface area contributed by atoms with E-state index < -0.39 is 4.92 Å². The van der Waals surface area contributed by atoms with Gasteiger partial charge >= 0.3 is 0 Å². The predicted octanol–water partition coefficient (Wildman–Crippen LogP) is 4.02. The normalized spacial score (nSPS) is 22.2. The van der Waals surface area contributed by atoms with Crippen molar-refractivity contribution in [2.45, 2.75) is 20.3 Å². The van der Waals surface area contributed by atoms with Crippen molar-refractivity contribution in [3.63, 3.8) is 0 Å². The minimum atomic E-state index is -0.632. The SMILES string of the molecule is CC1CC(C)CN(C(=O)c2cc(Cl)c(Cl)c([N+](=O)[O-])c2)C1. The third-order valence-corrected chi connectivity index (χ3v) is 4.40. The zero-order valence-electron chi connectivity index (χ0n) is 11.8. The first-order valence-electron chi connectivity index (χ1n) is 6.72. The number of piperidine rings is 1. The van der Waals surface area contributed by atoms with E-state index in [-0.39, 0.29) is 27.2 Å². The highest BCUT2D eigenvalue weighted by Crippen LogP contribution is 2.34. The lowest BCUT2D eigenvalue weighted by Crippen LogP contribution is -2.42. The first-order valence-corrected chi connectivity index (χ1v) is 7.48. The summed E-state index contributed by atoms with van der Waals surface area (Å²) in [6.07, 6.45) is 1.07. The van der Waals surface area contributed by atoms with Gasteiger partial charge in [-0.15, -0.1) is 0 Å². The number of hydrogen-bond acceptors (Lipinski definition) is 3. The summed E-state index contributed by atoms with van der Waals surface area (Å²) in [5.74, 6) is 0.584. The van der Waals surface area contributed by atoms with Crippen molar-refractivity contribution in [3.8, 4) is 0 Å². The number of benzene rings is 1. The number of likely N-dealkylation sites (tertiary alicyclic amines) is 1. The lowest BCUT2D eigenvalue weighted by atomic mass is 9.91. The fourth-order valence-electron chi connectivity index (χ4n) is 2.84. The lowest BCUT2D eigenvalue weighted by molar-refractivity contribution is -0.384. The van der Waals surface area contributed by atoms with E-state index in [9.17, 15) is 14.9 Å². The van der Waals surface area contributed by atoms with Crippen LogP contribution < -0.4 is 0 Å². The molecule has 114 valence electrons. The van der Waals surface area contributed by atoms with Gasteiger partial charge in [0.1, 0.15) is 5.02 Å². The molecule has 0 aromatic heterocycles. The number of rotatable bonds is 2. The molecule has 5 nitrogen and oxygen atoms in total. The van der Waals surface area contributed by atoms with E-state index in [0.717, 1.165) is 6.42 Å². The zero-order valence-corrected chi connectivity index (χ0v) is 13.3. The molecule has 2 unspecified atom stereocenters. The van der Waals surface area contributed by atoms with Gasteiger partial charge in [-0.05, 0) is 24.3 Å². The molecule has 0 N–H and O–H groups in total. The first kappa shape index (κ1) is 16.0. The number of carbonyl (C=O) groups is 1. The maximum absolute atomic E-state index is 12.5. The van der Waals surface area contributed by atoms with E-state index in [0.29, 0.717) is 24.9 Å². The van der Waals surface area contributed by atoms with Gasteiger partial charge in [0.25, 0.3) is 11.6 Å². The zero-order chi connectivity index (χ0) is 15.7. The Labute approximate surface area is 133 Å². The molecule has 1 amide bonds. The van der Waals surface area contributed by atoms with Crippen LogP contribution in [0.15, 0.2) is 12.1 Å². The van der Waals surface area contributed by atoms with Crippen molar-refractivity contribution in [2.24, 2.45) is 11.8 Å². The van der Waals surface area contributed by atoms with E-state index in [1.165, 1.54) is 12.1 Å². The highest BCUT2D eigenvalue weighted by Gasteiger charge is 2.28. The number of nitrogens with zero attached hydrogens (tertiary/aromatic N) is 2. The summed E-state index contributed by atoms with van der Waals surface area (Å²) >= 11 is 11.7. The van der Waals surface area contributed by atoms with Crippen molar-refractivity contribution in [2.75, 3.05) is 13.1 Å². The minimum Gasteiger partial charge on any atom is -0.338 e. The van der Waals surface area contributed by atoms with E-state index in [4.69, 9.17) is 23.2 Å². The number of amides is 1. The van der Waals surface area contributed by atoms with Gasteiger partial charge in [-0.2, -0.15) is 0 Å². The first-order chi connectivity index (χ1) is 9.79. The third kappa shape index (κ3) is 3.47. The summed E-state index contributed by atoms with van der Waals surface area (Å²) < 4.78 is 0.